The predicted molar refractivity (Wildman–Crippen MR) is 119 cm³/mol. The molecule has 1 aliphatic heterocycles. The van der Waals surface area contributed by atoms with Crippen molar-refractivity contribution in [2.24, 2.45) is 10.9 Å². The van der Waals surface area contributed by atoms with Crippen LogP contribution in [0.2, 0.25) is 0 Å². The molecular formula is C22H29BrN4O2. The zero-order valence-electron chi connectivity index (χ0n) is 17.5. The fraction of sp³-hybridized carbons (Fsp3) is 0.500. The summed E-state index contributed by atoms with van der Waals surface area (Å²) in [6.07, 6.45) is 4.38. The average Bonchev–Trinajstić information content (AvgIpc) is 3.38. The van der Waals surface area contributed by atoms with Crippen LogP contribution in [0.4, 0.5) is 0 Å². The molecule has 2 heterocycles. The van der Waals surface area contributed by atoms with Crippen LogP contribution in [0, 0.1) is 5.92 Å². The predicted octanol–water partition coefficient (Wildman–Crippen LogP) is 4.98. The molecule has 1 aliphatic rings. The Hall–Kier alpha value is -2.15. The number of likely N-dealkylation sites (tertiary alicyclic amines) is 1. The number of hydrogen-bond acceptors (Lipinski definition) is 4. The molecular weight excluding hydrogens is 432 g/mol. The number of imidazole rings is 1. The maximum absolute atomic E-state index is 13.4. The van der Waals surface area contributed by atoms with Crippen LogP contribution in [0.3, 0.4) is 0 Å². The Morgan fingerprint density at radius 1 is 1.38 bits per heavy atom. The zero-order chi connectivity index (χ0) is 21.0. The molecule has 1 amide bonds. The minimum absolute atomic E-state index is 0.0456. The van der Waals surface area contributed by atoms with Gasteiger partial charge in [0.25, 0.3) is 0 Å². The molecule has 0 radical (unpaired) electrons. The smallest absolute Gasteiger partial charge is 0.248 e. The quantitative estimate of drug-likeness (QED) is 0.487. The summed E-state index contributed by atoms with van der Waals surface area (Å²) in [6, 6.07) is 7.61. The number of nitrogens with one attached hydrogen (secondary N) is 1. The van der Waals surface area contributed by atoms with Gasteiger partial charge in [0.2, 0.25) is 5.91 Å². The Morgan fingerprint density at radius 3 is 2.72 bits per heavy atom. The summed E-state index contributed by atoms with van der Waals surface area (Å²) >= 11 is 3.46. The van der Waals surface area contributed by atoms with Gasteiger partial charge in [-0.25, -0.2) is 9.98 Å². The van der Waals surface area contributed by atoms with E-state index in [0.29, 0.717) is 12.3 Å². The number of ether oxygens (including phenoxy) is 1. The molecule has 1 saturated heterocycles. The summed E-state index contributed by atoms with van der Waals surface area (Å²) in [5.41, 5.74) is 2.03. The van der Waals surface area contributed by atoms with E-state index in [4.69, 9.17) is 4.74 Å². The van der Waals surface area contributed by atoms with Crippen molar-refractivity contribution >= 4 is 27.7 Å². The minimum atomic E-state index is -0.439. The Morgan fingerprint density at radius 2 is 2.10 bits per heavy atom. The Kier molecular flexibility index (Phi) is 7.11. The maximum atomic E-state index is 13.4. The first-order valence-corrected chi connectivity index (χ1v) is 11.0. The molecule has 0 bridgehead atoms. The van der Waals surface area contributed by atoms with E-state index in [1.165, 1.54) is 0 Å². The molecule has 2 unspecified atom stereocenters. The van der Waals surface area contributed by atoms with Crippen LogP contribution in [0.1, 0.15) is 51.9 Å². The van der Waals surface area contributed by atoms with Gasteiger partial charge in [-0.05, 0) is 36.5 Å². The Labute approximate surface area is 180 Å². The summed E-state index contributed by atoms with van der Waals surface area (Å²) < 4.78 is 6.36. The second-order valence-corrected chi connectivity index (χ2v) is 8.56. The van der Waals surface area contributed by atoms with Crippen molar-refractivity contribution in [3.05, 3.63) is 40.8 Å². The highest BCUT2D eigenvalue weighted by molar-refractivity contribution is 9.10. The van der Waals surface area contributed by atoms with E-state index in [2.05, 4.69) is 30.9 Å². The van der Waals surface area contributed by atoms with Crippen molar-refractivity contribution in [2.75, 3.05) is 13.7 Å². The van der Waals surface area contributed by atoms with Crippen molar-refractivity contribution in [3.8, 4) is 11.3 Å². The largest absolute Gasteiger partial charge is 0.484 e. The number of carbonyl (C=O) groups excluding carboxylic acids is 1. The number of methoxy groups -OCH3 is 1. The van der Waals surface area contributed by atoms with Gasteiger partial charge in [-0.15, -0.1) is 0 Å². The number of aromatic amines is 1. The number of aromatic nitrogens is 2. The second kappa shape index (κ2) is 9.57. The molecule has 1 N–H and O–H groups in total. The molecule has 6 nitrogen and oxygen atoms in total. The van der Waals surface area contributed by atoms with Gasteiger partial charge in [0.15, 0.2) is 5.90 Å². The summed E-state index contributed by atoms with van der Waals surface area (Å²) in [5, 5.41) is 0. The highest BCUT2D eigenvalue weighted by atomic mass is 79.9. The molecule has 1 aromatic carbocycles. The van der Waals surface area contributed by atoms with E-state index in [0.717, 1.165) is 40.9 Å². The number of halogens is 1. The van der Waals surface area contributed by atoms with Gasteiger partial charge in [0.1, 0.15) is 11.9 Å². The lowest BCUT2D eigenvalue weighted by molar-refractivity contribution is -0.134. The minimum Gasteiger partial charge on any atom is -0.484 e. The maximum Gasteiger partial charge on any atom is 0.248 e. The standard InChI is InChI=1S/C22H29BrN4O2/c1-5-19(29-4)26-20(14(2)3)22(28)27-12-6-7-18(27)21-24-13-17(25-21)15-8-10-16(23)11-9-15/h8-11,13-14,18,20H,5-7,12H2,1-4H3,(H,24,25). The summed E-state index contributed by atoms with van der Waals surface area (Å²) in [7, 11) is 1.61. The van der Waals surface area contributed by atoms with Crippen molar-refractivity contribution in [2.45, 2.75) is 52.1 Å². The van der Waals surface area contributed by atoms with Crippen molar-refractivity contribution in [1.29, 1.82) is 0 Å². The van der Waals surface area contributed by atoms with Gasteiger partial charge in [-0.3, -0.25) is 4.79 Å². The molecule has 1 fully saturated rings. The third kappa shape index (κ3) is 4.89. The monoisotopic (exact) mass is 460 g/mol. The first-order valence-electron chi connectivity index (χ1n) is 10.2. The van der Waals surface area contributed by atoms with Gasteiger partial charge >= 0.3 is 0 Å². The fourth-order valence-electron chi connectivity index (χ4n) is 3.70. The molecule has 2 atom stereocenters. The number of benzene rings is 1. The van der Waals surface area contributed by atoms with Crippen LogP contribution in [0.5, 0.6) is 0 Å². The summed E-state index contributed by atoms with van der Waals surface area (Å²) in [4.78, 5) is 27.9. The molecule has 29 heavy (non-hydrogen) atoms. The van der Waals surface area contributed by atoms with Gasteiger partial charge in [-0.2, -0.15) is 0 Å². The van der Waals surface area contributed by atoms with Crippen LogP contribution in [0.25, 0.3) is 11.3 Å². The molecule has 0 aliphatic carbocycles. The van der Waals surface area contributed by atoms with E-state index < -0.39 is 6.04 Å². The SMILES string of the molecule is CCC(=NC(C(=O)N1CCCC1c1ncc(-c2ccc(Br)cc2)[nH]1)C(C)C)OC. The van der Waals surface area contributed by atoms with Crippen molar-refractivity contribution in [3.63, 3.8) is 0 Å². The molecule has 1 aromatic heterocycles. The van der Waals surface area contributed by atoms with E-state index in [1.54, 1.807) is 7.11 Å². The molecule has 7 heteroatoms. The lowest BCUT2D eigenvalue weighted by Crippen LogP contribution is -2.41. The van der Waals surface area contributed by atoms with Crippen LogP contribution in [-0.2, 0) is 9.53 Å². The van der Waals surface area contributed by atoms with E-state index in [-0.39, 0.29) is 17.9 Å². The topological polar surface area (TPSA) is 70.6 Å². The third-order valence-electron chi connectivity index (χ3n) is 5.31. The van der Waals surface area contributed by atoms with Gasteiger partial charge in [0, 0.05) is 17.4 Å². The van der Waals surface area contributed by atoms with Crippen molar-refractivity contribution < 1.29 is 9.53 Å². The van der Waals surface area contributed by atoms with Crippen LogP contribution in [0.15, 0.2) is 39.9 Å². The van der Waals surface area contributed by atoms with Crippen LogP contribution in [-0.4, -0.2) is 46.4 Å². The Balaban J connectivity index is 1.83. The Bertz CT molecular complexity index is 854. The van der Waals surface area contributed by atoms with Gasteiger partial charge in [0.05, 0.1) is 25.0 Å². The van der Waals surface area contributed by atoms with E-state index in [9.17, 15) is 4.79 Å². The van der Waals surface area contributed by atoms with E-state index in [1.807, 2.05) is 56.1 Å². The fourth-order valence-corrected chi connectivity index (χ4v) is 3.96. The number of nitrogens with zero attached hydrogens (tertiary/aromatic N) is 3. The molecule has 2 aromatic rings. The number of rotatable bonds is 6. The number of carbonyl (C=O) groups is 1. The number of aliphatic imine (C=N–C) groups is 1. The summed E-state index contributed by atoms with van der Waals surface area (Å²) in [6.45, 7) is 6.76. The lowest BCUT2D eigenvalue weighted by Gasteiger charge is -2.28. The van der Waals surface area contributed by atoms with Crippen LogP contribution < -0.4 is 0 Å². The van der Waals surface area contributed by atoms with Crippen LogP contribution >= 0.6 is 15.9 Å². The molecule has 3 rings (SSSR count). The third-order valence-corrected chi connectivity index (χ3v) is 5.84. The highest BCUT2D eigenvalue weighted by Gasteiger charge is 2.36. The first-order chi connectivity index (χ1) is 13.9. The molecule has 0 saturated carbocycles. The summed E-state index contributed by atoms with van der Waals surface area (Å²) in [5.74, 6) is 1.59. The number of H-pyrrole nitrogens is 1. The zero-order valence-corrected chi connectivity index (χ0v) is 19.1. The number of amides is 1. The lowest BCUT2D eigenvalue weighted by atomic mass is 10.0. The van der Waals surface area contributed by atoms with Crippen molar-refractivity contribution in [1.82, 2.24) is 14.9 Å². The molecule has 156 valence electrons. The molecule has 0 spiro atoms. The van der Waals surface area contributed by atoms with Gasteiger partial charge < -0.3 is 14.6 Å². The highest BCUT2D eigenvalue weighted by Crippen LogP contribution is 2.33. The van der Waals surface area contributed by atoms with Gasteiger partial charge in [-0.1, -0.05) is 48.8 Å². The normalized spacial score (nSPS) is 18.3. The first kappa shape index (κ1) is 21.6. The van der Waals surface area contributed by atoms with E-state index >= 15 is 0 Å². The average molecular weight is 461 g/mol. The second-order valence-electron chi connectivity index (χ2n) is 7.65. The number of hydrogen-bond donors (Lipinski definition) is 1.